The number of nitrogens with one attached hydrogen (secondary N) is 1. The number of anilines is 1. The maximum Gasteiger partial charge on any atom is 0.274 e. The molecule has 1 fully saturated rings. The van der Waals surface area contributed by atoms with Crippen LogP contribution in [0.2, 0.25) is 0 Å². The second-order valence-corrected chi connectivity index (χ2v) is 8.22. The molecule has 154 valence electrons. The molecule has 0 amide bonds. The van der Waals surface area contributed by atoms with Crippen molar-refractivity contribution in [2.45, 2.75) is 19.3 Å². The number of hydrogen-bond acceptors (Lipinski definition) is 6. The lowest BCUT2D eigenvalue weighted by atomic mass is 9.93. The highest BCUT2D eigenvalue weighted by atomic mass is 32.2. The summed E-state index contributed by atoms with van der Waals surface area (Å²) < 4.78 is 49.2. The molecule has 1 aliphatic heterocycles. The molecular formula is C18H25FN4O4S. The molecule has 2 aromatic rings. The number of nitrogens with two attached hydrogens (primary N) is 1. The fraction of sp³-hybridized carbons (Fsp3) is 0.500. The lowest BCUT2D eigenvalue weighted by Crippen LogP contribution is -2.37. The Morgan fingerprint density at radius 2 is 1.82 bits per heavy atom. The molecule has 3 rings (SSSR count). The molecule has 0 radical (unpaired) electrons. The van der Waals surface area contributed by atoms with E-state index in [9.17, 15) is 12.8 Å². The van der Waals surface area contributed by atoms with Crippen LogP contribution in [0, 0.1) is 11.7 Å². The SMILES string of the molecule is COc1cc2c(F)cnc(N3CCC(CCNS(N)(=O)=O)CC3)c2cc1OC. The van der Waals surface area contributed by atoms with E-state index in [0.29, 0.717) is 40.6 Å². The van der Waals surface area contributed by atoms with Gasteiger partial charge in [0.2, 0.25) is 0 Å². The standard InChI is InChI=1S/C18H25FN4O4S/c1-26-16-9-13-14(10-17(16)27-2)18(21-11-15(13)19)23-7-4-12(5-8-23)3-6-22-28(20,24)25/h9-12,22H,3-8H2,1-2H3,(H2,20,24,25). The van der Waals surface area contributed by atoms with Crippen LogP contribution in [-0.2, 0) is 10.2 Å². The summed E-state index contributed by atoms with van der Waals surface area (Å²) >= 11 is 0. The van der Waals surface area contributed by atoms with Crippen molar-refractivity contribution in [3.8, 4) is 11.5 Å². The van der Waals surface area contributed by atoms with Gasteiger partial charge >= 0.3 is 0 Å². The van der Waals surface area contributed by atoms with E-state index in [1.54, 1.807) is 12.1 Å². The minimum atomic E-state index is -3.65. The van der Waals surface area contributed by atoms with Crippen molar-refractivity contribution >= 4 is 26.8 Å². The van der Waals surface area contributed by atoms with Crippen LogP contribution in [-0.4, -0.2) is 47.3 Å². The summed E-state index contributed by atoms with van der Waals surface area (Å²) in [4.78, 5) is 6.45. The van der Waals surface area contributed by atoms with Gasteiger partial charge < -0.3 is 14.4 Å². The molecule has 0 aliphatic carbocycles. The average Bonchev–Trinajstić information content (AvgIpc) is 2.67. The first-order valence-corrected chi connectivity index (χ1v) is 10.6. The zero-order chi connectivity index (χ0) is 20.3. The fourth-order valence-corrected chi connectivity index (χ4v) is 4.01. The molecule has 28 heavy (non-hydrogen) atoms. The zero-order valence-corrected chi connectivity index (χ0v) is 16.8. The first kappa shape index (κ1) is 20.6. The fourth-order valence-electron chi connectivity index (χ4n) is 3.61. The number of benzene rings is 1. The van der Waals surface area contributed by atoms with Crippen molar-refractivity contribution in [1.29, 1.82) is 0 Å². The second kappa shape index (κ2) is 8.46. The number of piperidine rings is 1. The van der Waals surface area contributed by atoms with E-state index in [4.69, 9.17) is 14.6 Å². The van der Waals surface area contributed by atoms with Crippen molar-refractivity contribution in [1.82, 2.24) is 9.71 Å². The molecule has 0 bridgehead atoms. The highest BCUT2D eigenvalue weighted by Crippen LogP contribution is 2.37. The largest absolute Gasteiger partial charge is 0.493 e. The van der Waals surface area contributed by atoms with Gasteiger partial charge in [0.25, 0.3) is 10.2 Å². The van der Waals surface area contributed by atoms with Crippen molar-refractivity contribution < 1.29 is 22.3 Å². The van der Waals surface area contributed by atoms with Gasteiger partial charge in [-0.3, -0.25) is 0 Å². The van der Waals surface area contributed by atoms with Crippen molar-refractivity contribution in [2.24, 2.45) is 11.1 Å². The number of methoxy groups -OCH3 is 2. The van der Waals surface area contributed by atoms with Crippen molar-refractivity contribution in [2.75, 3.05) is 38.8 Å². The third-order valence-corrected chi connectivity index (χ3v) is 5.70. The highest BCUT2D eigenvalue weighted by molar-refractivity contribution is 7.87. The maximum atomic E-state index is 14.3. The minimum Gasteiger partial charge on any atom is -0.493 e. The Labute approximate surface area is 164 Å². The van der Waals surface area contributed by atoms with Gasteiger partial charge in [-0.15, -0.1) is 0 Å². The van der Waals surface area contributed by atoms with Crippen molar-refractivity contribution in [3.05, 3.63) is 24.1 Å². The second-order valence-electron chi connectivity index (χ2n) is 6.84. The van der Waals surface area contributed by atoms with Crippen LogP contribution in [0.3, 0.4) is 0 Å². The minimum absolute atomic E-state index is 0.332. The van der Waals surface area contributed by atoms with E-state index < -0.39 is 16.0 Å². The average molecular weight is 412 g/mol. The van der Waals surface area contributed by atoms with E-state index in [1.165, 1.54) is 20.4 Å². The molecule has 2 heterocycles. The smallest absolute Gasteiger partial charge is 0.274 e. The van der Waals surface area contributed by atoms with Crippen LogP contribution in [0.4, 0.5) is 10.2 Å². The predicted molar refractivity (Wildman–Crippen MR) is 105 cm³/mol. The lowest BCUT2D eigenvalue weighted by Gasteiger charge is -2.33. The van der Waals surface area contributed by atoms with Crippen LogP contribution < -0.4 is 24.2 Å². The van der Waals surface area contributed by atoms with Crippen LogP contribution in [0.5, 0.6) is 11.5 Å². The molecule has 1 aliphatic rings. The molecule has 3 N–H and O–H groups in total. The first-order chi connectivity index (χ1) is 13.3. The maximum absolute atomic E-state index is 14.3. The van der Waals surface area contributed by atoms with Crippen LogP contribution >= 0.6 is 0 Å². The molecule has 0 spiro atoms. The molecular weight excluding hydrogens is 387 g/mol. The van der Waals surface area contributed by atoms with Gasteiger partial charge in [-0.2, -0.15) is 8.42 Å². The Morgan fingerprint density at radius 3 is 2.39 bits per heavy atom. The summed E-state index contributed by atoms with van der Waals surface area (Å²) in [6.45, 7) is 1.84. The number of ether oxygens (including phenoxy) is 2. The first-order valence-electron chi connectivity index (χ1n) is 9.05. The molecule has 10 heteroatoms. The predicted octanol–water partition coefficient (Wildman–Crippen LogP) is 1.79. The zero-order valence-electron chi connectivity index (χ0n) is 15.9. The van der Waals surface area contributed by atoms with Gasteiger partial charge in [-0.25, -0.2) is 19.2 Å². The molecule has 0 unspecified atom stereocenters. The van der Waals surface area contributed by atoms with Gasteiger partial charge in [0.1, 0.15) is 11.6 Å². The molecule has 0 saturated carbocycles. The molecule has 1 saturated heterocycles. The summed E-state index contributed by atoms with van der Waals surface area (Å²) in [5.41, 5.74) is 0. The van der Waals surface area contributed by atoms with E-state index in [2.05, 4.69) is 14.6 Å². The summed E-state index contributed by atoms with van der Waals surface area (Å²) in [7, 11) is -0.596. The highest BCUT2D eigenvalue weighted by Gasteiger charge is 2.23. The molecule has 1 aromatic carbocycles. The normalized spacial score (nSPS) is 15.8. The number of rotatable bonds is 7. The Hall–Kier alpha value is -2.17. The number of hydrogen-bond donors (Lipinski definition) is 2. The van der Waals surface area contributed by atoms with Gasteiger partial charge in [0, 0.05) is 30.4 Å². The van der Waals surface area contributed by atoms with Crippen LogP contribution in [0.1, 0.15) is 19.3 Å². The Bertz CT molecular complexity index is 946. The Kier molecular flexibility index (Phi) is 6.21. The van der Waals surface area contributed by atoms with Crippen LogP contribution in [0.25, 0.3) is 10.8 Å². The summed E-state index contributed by atoms with van der Waals surface area (Å²) in [5.74, 6) is 1.67. The van der Waals surface area contributed by atoms with E-state index >= 15 is 0 Å². The topological polar surface area (TPSA) is 107 Å². The summed E-state index contributed by atoms with van der Waals surface area (Å²) in [6, 6.07) is 3.38. The number of halogens is 1. The lowest BCUT2D eigenvalue weighted by molar-refractivity contribution is 0.355. The van der Waals surface area contributed by atoms with Gasteiger partial charge in [-0.1, -0.05) is 0 Å². The molecule has 0 atom stereocenters. The van der Waals surface area contributed by atoms with E-state index in [-0.39, 0.29) is 0 Å². The molecule has 8 nitrogen and oxygen atoms in total. The Balaban J connectivity index is 1.77. The van der Waals surface area contributed by atoms with Gasteiger partial charge in [-0.05, 0) is 37.3 Å². The Morgan fingerprint density at radius 1 is 1.21 bits per heavy atom. The number of fused-ring (bicyclic) bond motifs is 1. The van der Waals surface area contributed by atoms with Crippen molar-refractivity contribution in [3.63, 3.8) is 0 Å². The summed E-state index contributed by atoms with van der Waals surface area (Å²) in [6.07, 6.45) is 3.73. The van der Waals surface area contributed by atoms with E-state index in [1.807, 2.05) is 0 Å². The monoisotopic (exact) mass is 412 g/mol. The third-order valence-electron chi connectivity index (χ3n) is 5.09. The van der Waals surface area contributed by atoms with Gasteiger partial charge in [0.15, 0.2) is 11.5 Å². The number of nitrogens with zero attached hydrogens (tertiary/aromatic N) is 2. The molecule has 1 aromatic heterocycles. The number of aromatic nitrogens is 1. The third kappa shape index (κ3) is 4.62. The van der Waals surface area contributed by atoms with E-state index in [0.717, 1.165) is 32.4 Å². The number of pyridine rings is 1. The summed E-state index contributed by atoms with van der Waals surface area (Å²) in [5, 5.41) is 6.06. The van der Waals surface area contributed by atoms with Gasteiger partial charge in [0.05, 0.1) is 20.4 Å². The quantitative estimate of drug-likeness (QED) is 0.718. The van der Waals surface area contributed by atoms with Crippen LogP contribution in [0.15, 0.2) is 18.3 Å².